The fourth-order valence-corrected chi connectivity index (χ4v) is 2.83. The van der Waals surface area contributed by atoms with Crippen LogP contribution in [0, 0.1) is 0 Å². The molecule has 0 saturated heterocycles. The molecule has 25 heavy (non-hydrogen) atoms. The summed E-state index contributed by atoms with van der Waals surface area (Å²) in [7, 11) is 0. The number of nitrogens with zero attached hydrogens (tertiary/aromatic N) is 1. The van der Waals surface area contributed by atoms with Crippen molar-refractivity contribution in [3.8, 4) is 11.3 Å². The van der Waals surface area contributed by atoms with Gasteiger partial charge in [0, 0.05) is 17.7 Å². The molecule has 1 atom stereocenters. The zero-order valence-corrected chi connectivity index (χ0v) is 14.0. The number of nitrogen functional groups attached to an aromatic ring is 1. The molecule has 1 unspecified atom stereocenters. The van der Waals surface area contributed by atoms with Crippen LogP contribution < -0.4 is 11.1 Å². The van der Waals surface area contributed by atoms with Crippen molar-refractivity contribution in [2.45, 2.75) is 12.5 Å². The van der Waals surface area contributed by atoms with E-state index in [1.807, 2.05) is 42.5 Å². The lowest BCUT2D eigenvalue weighted by molar-refractivity contribution is 0.189. The van der Waals surface area contributed by atoms with Crippen molar-refractivity contribution in [3.05, 3.63) is 71.1 Å². The van der Waals surface area contributed by atoms with E-state index in [0.29, 0.717) is 28.8 Å². The number of aromatic nitrogens is 2. The number of aromatic amines is 1. The number of H-pyrrole nitrogens is 1. The van der Waals surface area contributed by atoms with Crippen LogP contribution >= 0.6 is 11.6 Å². The van der Waals surface area contributed by atoms with Crippen LogP contribution in [0.25, 0.3) is 11.3 Å². The van der Waals surface area contributed by atoms with Crippen molar-refractivity contribution in [1.29, 1.82) is 0 Å². The fourth-order valence-electron chi connectivity index (χ4n) is 2.58. The monoisotopic (exact) mass is 356 g/mol. The molecule has 0 fully saturated rings. The summed E-state index contributed by atoms with van der Waals surface area (Å²) < 4.78 is 0. The molecule has 0 bridgehead atoms. The van der Waals surface area contributed by atoms with Gasteiger partial charge in [-0.25, -0.2) is 9.78 Å². The van der Waals surface area contributed by atoms with Crippen LogP contribution in [0.3, 0.4) is 0 Å². The van der Waals surface area contributed by atoms with Crippen LogP contribution in [0.5, 0.6) is 0 Å². The van der Waals surface area contributed by atoms with Gasteiger partial charge >= 0.3 is 6.09 Å². The molecule has 0 aliphatic heterocycles. The van der Waals surface area contributed by atoms with Crippen molar-refractivity contribution in [2.75, 3.05) is 5.73 Å². The van der Waals surface area contributed by atoms with Crippen molar-refractivity contribution >= 4 is 23.4 Å². The topological polar surface area (TPSA) is 104 Å². The van der Waals surface area contributed by atoms with E-state index in [1.54, 1.807) is 12.1 Å². The largest absolute Gasteiger partial charge is 0.465 e. The summed E-state index contributed by atoms with van der Waals surface area (Å²) in [6.45, 7) is 0. The first kappa shape index (κ1) is 16.9. The summed E-state index contributed by atoms with van der Waals surface area (Å²) in [6.07, 6.45) is -0.666. The molecule has 6 nitrogen and oxygen atoms in total. The predicted octanol–water partition coefficient (Wildman–Crippen LogP) is 3.86. The number of nitrogens with one attached hydrogen (secondary N) is 2. The number of carbonyl (C=O) groups is 1. The molecule has 0 saturated carbocycles. The number of imidazole rings is 1. The summed E-state index contributed by atoms with van der Waals surface area (Å²) >= 11 is 6.28. The Balaban J connectivity index is 1.92. The molecule has 5 N–H and O–H groups in total. The number of nitrogens with two attached hydrogens (primary N) is 1. The molecule has 1 amide bonds. The van der Waals surface area contributed by atoms with Gasteiger partial charge in [0.05, 0.1) is 6.04 Å². The summed E-state index contributed by atoms with van der Waals surface area (Å²) in [5, 5.41) is 12.0. The first-order valence-electron chi connectivity index (χ1n) is 7.67. The highest BCUT2D eigenvalue weighted by atomic mass is 35.5. The Morgan fingerprint density at radius 2 is 1.88 bits per heavy atom. The summed E-state index contributed by atoms with van der Waals surface area (Å²) in [6, 6.07) is 16.2. The molecule has 1 aromatic heterocycles. The van der Waals surface area contributed by atoms with E-state index in [2.05, 4.69) is 15.3 Å². The van der Waals surface area contributed by atoms with Crippen LogP contribution in [-0.4, -0.2) is 21.2 Å². The number of halogens is 1. The minimum atomic E-state index is -1.12. The van der Waals surface area contributed by atoms with E-state index >= 15 is 0 Å². The Bertz CT molecular complexity index is 863. The van der Waals surface area contributed by atoms with Gasteiger partial charge in [-0.1, -0.05) is 54.1 Å². The first-order chi connectivity index (χ1) is 12.0. The zero-order chi connectivity index (χ0) is 17.8. The molecule has 7 heteroatoms. The predicted molar refractivity (Wildman–Crippen MR) is 97.5 cm³/mol. The molecular weight excluding hydrogens is 340 g/mol. The molecule has 3 aromatic rings. The average Bonchev–Trinajstić information content (AvgIpc) is 2.97. The van der Waals surface area contributed by atoms with Gasteiger partial charge in [0.15, 0.2) is 0 Å². The zero-order valence-electron chi connectivity index (χ0n) is 13.2. The second kappa shape index (κ2) is 7.27. The first-order valence-corrected chi connectivity index (χ1v) is 8.05. The van der Waals surface area contributed by atoms with Crippen molar-refractivity contribution < 1.29 is 9.90 Å². The number of hydrogen-bond donors (Lipinski definition) is 4. The number of hydrogen-bond acceptors (Lipinski definition) is 3. The molecule has 0 aliphatic carbocycles. The lowest BCUT2D eigenvalue weighted by Crippen LogP contribution is -2.29. The number of rotatable bonds is 5. The lowest BCUT2D eigenvalue weighted by Gasteiger charge is -2.14. The Labute approximate surface area is 149 Å². The number of anilines is 1. The SMILES string of the molecule is Nc1ccc(-c2nc(C(Cc3ccccc3)NC(=O)O)[nH]c2Cl)cc1. The second-order valence-corrected chi connectivity index (χ2v) is 5.98. The number of carboxylic acid groups (broad SMARTS) is 1. The van der Waals surface area contributed by atoms with Crippen LogP contribution in [0.15, 0.2) is 54.6 Å². The molecule has 3 rings (SSSR count). The standard InChI is InChI=1S/C18H17ClN4O2/c19-16-15(12-6-8-13(20)9-7-12)22-17(23-16)14(21-18(24)25)10-11-4-2-1-3-5-11/h1-9,14,21H,10,20H2,(H,22,23)(H,24,25). The molecule has 0 aliphatic rings. The third-order valence-corrected chi connectivity index (χ3v) is 4.05. The minimum absolute atomic E-state index is 0.352. The van der Waals surface area contributed by atoms with E-state index in [1.165, 1.54) is 0 Å². The van der Waals surface area contributed by atoms with Crippen LogP contribution in [0.1, 0.15) is 17.4 Å². The molecule has 0 spiro atoms. The third kappa shape index (κ3) is 4.10. The van der Waals surface area contributed by atoms with E-state index in [4.69, 9.17) is 22.4 Å². The van der Waals surface area contributed by atoms with Gasteiger partial charge in [-0.15, -0.1) is 0 Å². The second-order valence-electron chi connectivity index (χ2n) is 5.60. The molecule has 2 aromatic carbocycles. The van der Waals surface area contributed by atoms with Crippen molar-refractivity contribution in [3.63, 3.8) is 0 Å². The van der Waals surface area contributed by atoms with Gasteiger partial charge in [-0.05, 0) is 17.7 Å². The summed E-state index contributed by atoms with van der Waals surface area (Å²) in [5.74, 6) is 0.461. The van der Waals surface area contributed by atoms with Gasteiger partial charge in [0.25, 0.3) is 0 Å². The highest BCUT2D eigenvalue weighted by Crippen LogP contribution is 2.29. The quantitative estimate of drug-likeness (QED) is 0.521. The number of benzene rings is 2. The summed E-state index contributed by atoms with van der Waals surface area (Å²) in [5.41, 5.74) is 8.69. The van der Waals surface area contributed by atoms with E-state index in [9.17, 15) is 4.79 Å². The summed E-state index contributed by atoms with van der Waals surface area (Å²) in [4.78, 5) is 18.7. The smallest absolute Gasteiger partial charge is 0.405 e. The van der Waals surface area contributed by atoms with Crippen molar-refractivity contribution in [1.82, 2.24) is 15.3 Å². The maximum atomic E-state index is 11.2. The molecule has 0 radical (unpaired) electrons. The average molecular weight is 357 g/mol. The Hall–Kier alpha value is -2.99. The molecule has 1 heterocycles. The minimum Gasteiger partial charge on any atom is -0.465 e. The third-order valence-electron chi connectivity index (χ3n) is 3.77. The van der Waals surface area contributed by atoms with Gasteiger partial charge in [0.2, 0.25) is 0 Å². The van der Waals surface area contributed by atoms with E-state index in [0.717, 1.165) is 11.1 Å². The lowest BCUT2D eigenvalue weighted by atomic mass is 10.1. The Kier molecular flexibility index (Phi) is 4.90. The normalized spacial score (nSPS) is 11.9. The highest BCUT2D eigenvalue weighted by molar-refractivity contribution is 6.31. The van der Waals surface area contributed by atoms with Gasteiger partial charge < -0.3 is 21.1 Å². The van der Waals surface area contributed by atoms with Crippen LogP contribution in [-0.2, 0) is 6.42 Å². The van der Waals surface area contributed by atoms with E-state index < -0.39 is 12.1 Å². The number of amides is 1. The van der Waals surface area contributed by atoms with E-state index in [-0.39, 0.29) is 0 Å². The highest BCUT2D eigenvalue weighted by Gasteiger charge is 2.21. The fraction of sp³-hybridized carbons (Fsp3) is 0.111. The molecular formula is C18H17ClN4O2. The maximum absolute atomic E-state index is 11.2. The van der Waals surface area contributed by atoms with Gasteiger partial charge in [-0.2, -0.15) is 0 Å². The molecule has 128 valence electrons. The van der Waals surface area contributed by atoms with Crippen LogP contribution in [0.2, 0.25) is 5.15 Å². The Morgan fingerprint density at radius 1 is 1.20 bits per heavy atom. The van der Waals surface area contributed by atoms with Gasteiger partial charge in [-0.3, -0.25) is 0 Å². The van der Waals surface area contributed by atoms with Gasteiger partial charge in [0.1, 0.15) is 16.7 Å². The Morgan fingerprint density at radius 3 is 2.52 bits per heavy atom. The maximum Gasteiger partial charge on any atom is 0.405 e. The van der Waals surface area contributed by atoms with Crippen LogP contribution in [0.4, 0.5) is 10.5 Å². The van der Waals surface area contributed by atoms with Crippen molar-refractivity contribution in [2.24, 2.45) is 0 Å².